The molecule has 6 heteroatoms. The van der Waals surface area contributed by atoms with Crippen molar-refractivity contribution in [3.63, 3.8) is 0 Å². The molecule has 0 saturated carbocycles. The summed E-state index contributed by atoms with van der Waals surface area (Å²) in [7, 11) is 0. The lowest BCUT2D eigenvalue weighted by Gasteiger charge is -2.23. The molecule has 1 aromatic heterocycles. The number of hydrogen-bond acceptors (Lipinski definition) is 3. The lowest BCUT2D eigenvalue weighted by molar-refractivity contribution is 0.214. The SMILES string of the molecule is O=C(Nc1ccccc1F)N1CCSC1c1cccs1. The van der Waals surface area contributed by atoms with E-state index in [1.807, 2.05) is 17.5 Å². The third-order valence-electron chi connectivity index (χ3n) is 3.05. The predicted molar refractivity (Wildman–Crippen MR) is 81.6 cm³/mol. The normalized spacial score (nSPS) is 18.2. The third-order valence-corrected chi connectivity index (χ3v) is 5.37. The number of amides is 2. The number of thioether (sulfide) groups is 1. The molecule has 1 saturated heterocycles. The van der Waals surface area contributed by atoms with Gasteiger partial charge in [-0.3, -0.25) is 0 Å². The Kier molecular flexibility index (Phi) is 3.93. The number of nitrogens with one attached hydrogen (secondary N) is 1. The van der Waals surface area contributed by atoms with Gasteiger partial charge in [0.2, 0.25) is 0 Å². The van der Waals surface area contributed by atoms with Crippen molar-refractivity contribution in [2.45, 2.75) is 5.37 Å². The van der Waals surface area contributed by atoms with Gasteiger partial charge in [0.15, 0.2) is 0 Å². The van der Waals surface area contributed by atoms with Crippen LogP contribution in [0.5, 0.6) is 0 Å². The highest BCUT2D eigenvalue weighted by Crippen LogP contribution is 2.40. The average molecular weight is 308 g/mol. The summed E-state index contributed by atoms with van der Waals surface area (Å²) in [6, 6.07) is 9.96. The van der Waals surface area contributed by atoms with Crippen LogP contribution in [0.25, 0.3) is 0 Å². The van der Waals surface area contributed by atoms with Gasteiger partial charge in [0.1, 0.15) is 11.2 Å². The molecular formula is C14H13FN2OS2. The first-order valence-corrected chi connectivity index (χ1v) is 8.16. The van der Waals surface area contributed by atoms with Gasteiger partial charge in [-0.15, -0.1) is 23.1 Å². The van der Waals surface area contributed by atoms with Crippen molar-refractivity contribution in [1.29, 1.82) is 0 Å². The number of urea groups is 1. The van der Waals surface area contributed by atoms with Crippen LogP contribution >= 0.6 is 23.1 Å². The van der Waals surface area contributed by atoms with Crippen LogP contribution in [-0.2, 0) is 0 Å². The Balaban J connectivity index is 1.75. The lowest BCUT2D eigenvalue weighted by Crippen LogP contribution is -2.34. The number of rotatable bonds is 2. The van der Waals surface area contributed by atoms with Crippen LogP contribution in [0.15, 0.2) is 41.8 Å². The number of para-hydroxylation sites is 1. The summed E-state index contributed by atoms with van der Waals surface area (Å²) in [6.07, 6.45) is 0. The molecule has 20 heavy (non-hydrogen) atoms. The average Bonchev–Trinajstić information content (AvgIpc) is 3.11. The summed E-state index contributed by atoms with van der Waals surface area (Å²) in [5, 5.41) is 4.68. The number of carbonyl (C=O) groups excluding carboxylic acids is 1. The van der Waals surface area contributed by atoms with Crippen molar-refractivity contribution in [3.05, 3.63) is 52.5 Å². The van der Waals surface area contributed by atoms with E-state index in [0.717, 1.165) is 10.6 Å². The molecule has 1 atom stereocenters. The fourth-order valence-electron chi connectivity index (χ4n) is 2.10. The van der Waals surface area contributed by atoms with Crippen molar-refractivity contribution in [1.82, 2.24) is 4.90 Å². The number of anilines is 1. The molecule has 0 spiro atoms. The fourth-order valence-corrected chi connectivity index (χ4v) is 4.33. The van der Waals surface area contributed by atoms with Crippen LogP contribution in [-0.4, -0.2) is 23.2 Å². The van der Waals surface area contributed by atoms with Crippen LogP contribution in [0.3, 0.4) is 0 Å². The van der Waals surface area contributed by atoms with Gasteiger partial charge in [-0.2, -0.15) is 0 Å². The van der Waals surface area contributed by atoms with E-state index in [1.165, 1.54) is 6.07 Å². The first-order chi connectivity index (χ1) is 9.75. The summed E-state index contributed by atoms with van der Waals surface area (Å²) in [4.78, 5) is 15.2. The minimum absolute atomic E-state index is 0.0294. The summed E-state index contributed by atoms with van der Waals surface area (Å²) < 4.78 is 13.6. The molecule has 0 bridgehead atoms. The van der Waals surface area contributed by atoms with Gasteiger partial charge in [0.05, 0.1) is 5.69 Å². The number of benzene rings is 1. The molecule has 2 heterocycles. The molecule has 1 N–H and O–H groups in total. The van der Waals surface area contributed by atoms with Gasteiger partial charge in [-0.05, 0) is 23.6 Å². The standard InChI is InChI=1S/C14H13FN2OS2/c15-10-4-1-2-5-11(10)16-14(18)17-7-9-20-13(17)12-6-3-8-19-12/h1-6,8,13H,7,9H2,(H,16,18). The first kappa shape index (κ1) is 13.5. The van der Waals surface area contributed by atoms with Crippen molar-refractivity contribution in [2.24, 2.45) is 0 Å². The molecule has 0 aliphatic carbocycles. The largest absolute Gasteiger partial charge is 0.323 e. The Labute approximate surface area is 124 Å². The third kappa shape index (κ3) is 2.66. The zero-order valence-corrected chi connectivity index (χ0v) is 12.2. The molecule has 3 nitrogen and oxygen atoms in total. The van der Waals surface area contributed by atoms with Gasteiger partial charge >= 0.3 is 6.03 Å². The van der Waals surface area contributed by atoms with Gasteiger partial charge < -0.3 is 10.2 Å². The number of thiophene rings is 1. The minimum Gasteiger partial charge on any atom is -0.307 e. The maximum Gasteiger partial charge on any atom is 0.323 e. The van der Waals surface area contributed by atoms with E-state index >= 15 is 0 Å². The molecule has 0 radical (unpaired) electrons. The molecule has 1 unspecified atom stereocenters. The van der Waals surface area contributed by atoms with E-state index in [1.54, 1.807) is 46.2 Å². The van der Waals surface area contributed by atoms with Crippen molar-refractivity contribution >= 4 is 34.8 Å². The van der Waals surface area contributed by atoms with E-state index in [-0.39, 0.29) is 17.1 Å². The molecule has 3 rings (SSSR count). The maximum absolute atomic E-state index is 13.6. The second-order valence-corrected chi connectivity index (χ2v) is 6.51. The highest BCUT2D eigenvalue weighted by Gasteiger charge is 2.31. The van der Waals surface area contributed by atoms with E-state index in [0.29, 0.717) is 6.54 Å². The van der Waals surface area contributed by atoms with E-state index < -0.39 is 5.82 Å². The van der Waals surface area contributed by atoms with Crippen molar-refractivity contribution < 1.29 is 9.18 Å². The number of halogens is 1. The van der Waals surface area contributed by atoms with Crippen LogP contribution in [0.1, 0.15) is 10.3 Å². The predicted octanol–water partition coefficient (Wildman–Crippen LogP) is 4.17. The Morgan fingerprint density at radius 2 is 2.15 bits per heavy atom. The fraction of sp³-hybridized carbons (Fsp3) is 0.214. The summed E-state index contributed by atoms with van der Waals surface area (Å²) in [5.74, 6) is 0.480. The van der Waals surface area contributed by atoms with E-state index in [4.69, 9.17) is 0 Å². The quantitative estimate of drug-likeness (QED) is 0.903. The first-order valence-electron chi connectivity index (χ1n) is 6.23. The smallest absolute Gasteiger partial charge is 0.307 e. The molecule has 2 aromatic rings. The van der Waals surface area contributed by atoms with Crippen LogP contribution in [0, 0.1) is 5.82 Å². The second-order valence-electron chi connectivity index (χ2n) is 4.34. The minimum atomic E-state index is -0.416. The van der Waals surface area contributed by atoms with Gasteiger partial charge in [0, 0.05) is 17.2 Å². The summed E-state index contributed by atoms with van der Waals surface area (Å²) in [5.41, 5.74) is 0.222. The molecule has 2 amide bonds. The molecule has 1 aliphatic rings. The zero-order valence-electron chi connectivity index (χ0n) is 10.6. The molecule has 1 aromatic carbocycles. The summed E-state index contributed by atoms with van der Waals surface area (Å²) >= 11 is 3.37. The van der Waals surface area contributed by atoms with Crippen molar-refractivity contribution in [3.8, 4) is 0 Å². The van der Waals surface area contributed by atoms with Crippen LogP contribution < -0.4 is 5.32 Å². The zero-order chi connectivity index (χ0) is 13.9. The molecule has 1 aliphatic heterocycles. The van der Waals surface area contributed by atoms with Gasteiger partial charge in [-0.25, -0.2) is 9.18 Å². The lowest BCUT2D eigenvalue weighted by atomic mass is 10.3. The monoisotopic (exact) mass is 308 g/mol. The molecule has 1 fully saturated rings. The second kappa shape index (κ2) is 5.85. The van der Waals surface area contributed by atoms with E-state index in [9.17, 15) is 9.18 Å². The number of nitrogens with zero attached hydrogens (tertiary/aromatic N) is 1. The van der Waals surface area contributed by atoms with Crippen LogP contribution in [0.4, 0.5) is 14.9 Å². The van der Waals surface area contributed by atoms with Crippen molar-refractivity contribution in [2.75, 3.05) is 17.6 Å². The maximum atomic E-state index is 13.6. The Hall–Kier alpha value is -1.53. The highest BCUT2D eigenvalue weighted by atomic mass is 32.2. The number of carbonyl (C=O) groups is 1. The summed E-state index contributed by atoms with van der Waals surface area (Å²) in [6.45, 7) is 0.674. The highest BCUT2D eigenvalue weighted by molar-refractivity contribution is 7.99. The Morgan fingerprint density at radius 3 is 2.90 bits per heavy atom. The Morgan fingerprint density at radius 1 is 1.30 bits per heavy atom. The Bertz CT molecular complexity index is 603. The molecular weight excluding hydrogens is 295 g/mol. The molecule has 104 valence electrons. The van der Waals surface area contributed by atoms with Crippen LogP contribution in [0.2, 0.25) is 0 Å². The number of hydrogen-bond donors (Lipinski definition) is 1. The topological polar surface area (TPSA) is 32.3 Å². The van der Waals surface area contributed by atoms with Gasteiger partial charge in [-0.1, -0.05) is 18.2 Å². The van der Waals surface area contributed by atoms with E-state index in [2.05, 4.69) is 5.32 Å². The van der Waals surface area contributed by atoms with Gasteiger partial charge in [0.25, 0.3) is 0 Å².